The molecule has 244 valence electrons. The van der Waals surface area contributed by atoms with Crippen molar-refractivity contribution in [3.63, 3.8) is 0 Å². The van der Waals surface area contributed by atoms with Gasteiger partial charge in [0, 0.05) is 0 Å². The largest absolute Gasteiger partial charge is 1.00 e. The molecule has 4 aromatic rings. The summed E-state index contributed by atoms with van der Waals surface area (Å²) in [7, 11) is -0.711. The van der Waals surface area contributed by atoms with Gasteiger partial charge in [-0.1, -0.05) is 0 Å². The number of allylic oxidation sites excluding steroid dienone is 2. The van der Waals surface area contributed by atoms with Crippen LogP contribution in [-0.4, -0.2) is 12.3 Å². The molecule has 0 N–H and O–H groups in total. The Bertz CT molecular complexity index is 1540. The number of halogens is 2. The molecular weight excluding hydrogens is 685 g/mol. The van der Waals surface area contributed by atoms with Crippen molar-refractivity contribution in [2.75, 3.05) is 12.3 Å². The minimum atomic E-state index is -0.604. The maximum Gasteiger partial charge on any atom is -1.00 e. The Kier molecular flexibility index (Phi) is 16.0. The third-order valence-electron chi connectivity index (χ3n) is 9.36. The van der Waals surface area contributed by atoms with Crippen molar-refractivity contribution in [2.45, 2.75) is 73.7 Å². The SMILES string of the molecule is CCCCCCP(CCCCCC)C1=Cc2ccccc2[CH]1[Ti+2][CH]1C(P(c2ccccc2)c2ccccc2)=Cc2ccccc21.[Cl-].[Cl-]. The average Bonchev–Trinajstić information content (AvgIpc) is 3.63. The van der Waals surface area contributed by atoms with E-state index in [1.165, 1.54) is 85.4 Å². The van der Waals surface area contributed by atoms with Crippen LogP contribution in [0.2, 0.25) is 0 Å². The number of hydrogen-bond acceptors (Lipinski definition) is 0. The van der Waals surface area contributed by atoms with Gasteiger partial charge in [-0.3, -0.25) is 0 Å². The molecule has 0 heterocycles. The van der Waals surface area contributed by atoms with Crippen LogP contribution in [0, 0.1) is 0 Å². The first kappa shape index (κ1) is 38.3. The van der Waals surface area contributed by atoms with Crippen LogP contribution in [-0.2, 0) is 19.2 Å². The molecule has 0 radical (unpaired) electrons. The Morgan fingerprint density at radius 3 is 1.40 bits per heavy atom. The number of benzene rings is 4. The van der Waals surface area contributed by atoms with Gasteiger partial charge in [-0.2, -0.15) is 0 Å². The Labute approximate surface area is 308 Å². The molecular formula is C42H48Cl2P2Ti. The molecule has 0 bridgehead atoms. The third kappa shape index (κ3) is 9.40. The fourth-order valence-electron chi connectivity index (χ4n) is 7.03. The number of unbranched alkanes of at least 4 members (excludes halogenated alkanes) is 6. The monoisotopic (exact) mass is 732 g/mol. The molecule has 0 spiro atoms. The Morgan fingerprint density at radius 1 is 0.489 bits per heavy atom. The van der Waals surface area contributed by atoms with Crippen LogP contribution in [0.1, 0.15) is 95.9 Å². The summed E-state index contributed by atoms with van der Waals surface area (Å²) in [5.41, 5.74) is 6.19. The molecule has 4 aromatic carbocycles. The summed E-state index contributed by atoms with van der Waals surface area (Å²) in [6.07, 6.45) is 19.1. The van der Waals surface area contributed by atoms with Gasteiger partial charge in [-0.25, -0.2) is 0 Å². The molecule has 0 saturated carbocycles. The fraction of sp³-hybridized carbons (Fsp3) is 0.333. The van der Waals surface area contributed by atoms with Crippen molar-refractivity contribution in [1.82, 2.24) is 0 Å². The summed E-state index contributed by atoms with van der Waals surface area (Å²) in [5.74, 6) is 0. The molecule has 2 unspecified atom stereocenters. The van der Waals surface area contributed by atoms with Gasteiger partial charge in [0.25, 0.3) is 0 Å². The molecule has 0 aliphatic heterocycles. The standard InChI is InChI=1S/C21H16P.C21H32P.2ClH.Ti/c1-3-11-19(12-4-1)22(20-13-5-2-6-14-20)21-15-17-9-7-8-10-18(17)16-21;1-3-5-7-11-15-22(16-12-8-6-4-2)21-17-19-13-9-10-14-20(19)18-21;;;/h1-16H;9-10,13-14,17-18H,3-8,11-12,15-16H2,1-2H3;2*1H;/q;;;;+2/p-2. The van der Waals surface area contributed by atoms with Crippen LogP contribution in [0.25, 0.3) is 12.2 Å². The van der Waals surface area contributed by atoms with Crippen LogP contribution in [0.15, 0.2) is 120 Å². The van der Waals surface area contributed by atoms with Crippen LogP contribution >= 0.6 is 15.8 Å². The molecule has 6 rings (SSSR count). The second kappa shape index (κ2) is 19.6. The van der Waals surface area contributed by atoms with E-state index in [1.54, 1.807) is 16.4 Å². The Balaban J connectivity index is 0.00000250. The minimum Gasteiger partial charge on any atom is -1.00 e. The molecule has 0 saturated heterocycles. The van der Waals surface area contributed by atoms with Gasteiger partial charge in [-0.15, -0.1) is 0 Å². The van der Waals surface area contributed by atoms with E-state index in [-0.39, 0.29) is 32.7 Å². The van der Waals surface area contributed by atoms with Gasteiger partial charge in [-0.05, 0) is 0 Å². The van der Waals surface area contributed by atoms with E-state index in [4.69, 9.17) is 0 Å². The van der Waals surface area contributed by atoms with Gasteiger partial charge in [0.2, 0.25) is 0 Å². The fourth-order valence-corrected chi connectivity index (χ4v) is 17.1. The van der Waals surface area contributed by atoms with Crippen molar-refractivity contribution in [2.24, 2.45) is 0 Å². The number of hydrogen-bond donors (Lipinski definition) is 0. The quantitative estimate of drug-likeness (QED) is 0.0749. The summed E-state index contributed by atoms with van der Waals surface area (Å²) in [5, 5.41) is 6.49. The predicted molar refractivity (Wildman–Crippen MR) is 198 cm³/mol. The molecule has 0 aromatic heterocycles. The summed E-state index contributed by atoms with van der Waals surface area (Å²) in [6.45, 7) is 4.68. The zero-order chi connectivity index (χ0) is 30.8. The van der Waals surface area contributed by atoms with Gasteiger partial charge < -0.3 is 24.8 Å². The van der Waals surface area contributed by atoms with Crippen molar-refractivity contribution < 1.29 is 44.0 Å². The van der Waals surface area contributed by atoms with Crippen LogP contribution in [0.4, 0.5) is 0 Å². The topological polar surface area (TPSA) is 0 Å². The van der Waals surface area contributed by atoms with Crippen molar-refractivity contribution in [3.05, 3.63) is 142 Å². The molecule has 0 nitrogen and oxygen atoms in total. The molecule has 0 fully saturated rings. The van der Waals surface area contributed by atoms with Crippen molar-refractivity contribution in [3.8, 4) is 0 Å². The van der Waals surface area contributed by atoms with Crippen LogP contribution < -0.4 is 35.4 Å². The van der Waals surface area contributed by atoms with E-state index in [1.807, 2.05) is 5.31 Å². The molecule has 2 atom stereocenters. The van der Waals surface area contributed by atoms with Gasteiger partial charge >= 0.3 is 286 Å². The van der Waals surface area contributed by atoms with Gasteiger partial charge in [0.15, 0.2) is 0 Å². The van der Waals surface area contributed by atoms with E-state index >= 15 is 0 Å². The summed E-state index contributed by atoms with van der Waals surface area (Å²) < 4.78 is 1.18. The average molecular weight is 734 g/mol. The Morgan fingerprint density at radius 2 is 0.915 bits per heavy atom. The third-order valence-corrected chi connectivity index (χ3v) is 18.5. The summed E-state index contributed by atoms with van der Waals surface area (Å²) >= 11 is -0.435. The molecule has 47 heavy (non-hydrogen) atoms. The van der Waals surface area contributed by atoms with Crippen molar-refractivity contribution in [1.29, 1.82) is 0 Å². The normalized spacial score (nSPS) is 16.1. The second-order valence-electron chi connectivity index (χ2n) is 12.5. The van der Waals surface area contributed by atoms with E-state index in [9.17, 15) is 0 Å². The van der Waals surface area contributed by atoms with Crippen molar-refractivity contribution >= 4 is 38.6 Å². The van der Waals surface area contributed by atoms with Crippen LogP contribution in [0.5, 0.6) is 0 Å². The number of rotatable bonds is 16. The maximum absolute atomic E-state index is 2.69. The van der Waals surface area contributed by atoms with Gasteiger partial charge in [0.05, 0.1) is 0 Å². The first-order valence-electron chi connectivity index (χ1n) is 17.3. The maximum atomic E-state index is 2.69. The van der Waals surface area contributed by atoms with E-state index in [2.05, 4.69) is 135 Å². The molecule has 2 aliphatic carbocycles. The zero-order valence-electron chi connectivity index (χ0n) is 27.9. The zero-order valence-corrected chi connectivity index (χ0v) is 32.8. The van der Waals surface area contributed by atoms with E-state index in [0.717, 1.165) is 0 Å². The number of fused-ring (bicyclic) bond motifs is 2. The molecule has 5 heteroatoms. The van der Waals surface area contributed by atoms with Gasteiger partial charge in [0.1, 0.15) is 0 Å². The second-order valence-corrected chi connectivity index (χ2v) is 19.6. The van der Waals surface area contributed by atoms with Crippen LogP contribution in [0.3, 0.4) is 0 Å². The Hall–Kier alpha value is -1.49. The summed E-state index contributed by atoms with van der Waals surface area (Å²) in [6, 6.07) is 41.6. The van der Waals surface area contributed by atoms with E-state index < -0.39 is 27.1 Å². The molecule has 0 amide bonds. The summed E-state index contributed by atoms with van der Waals surface area (Å²) in [4.78, 5) is 0. The predicted octanol–water partition coefficient (Wildman–Crippen LogP) is 6.04. The molecule has 2 aliphatic rings. The minimum absolute atomic E-state index is 0. The first-order chi connectivity index (χ1) is 22.3. The smallest absolute Gasteiger partial charge is 1.00 e. The first-order valence-corrected chi connectivity index (χ1v) is 22.2. The van der Waals surface area contributed by atoms with E-state index in [0.29, 0.717) is 8.45 Å².